The van der Waals surface area contributed by atoms with Crippen molar-refractivity contribution in [2.24, 2.45) is 5.73 Å². The molecule has 0 aromatic carbocycles. The van der Waals surface area contributed by atoms with Gasteiger partial charge in [-0.25, -0.2) is 4.79 Å². The molecule has 4 N–H and O–H groups in total. The molecule has 0 spiro atoms. The fourth-order valence-electron chi connectivity index (χ4n) is 2.82. The minimum absolute atomic E-state index is 0.0703. The van der Waals surface area contributed by atoms with Crippen molar-refractivity contribution in [2.45, 2.75) is 70.3 Å². The van der Waals surface area contributed by atoms with E-state index in [1.165, 1.54) is 57.1 Å². The van der Waals surface area contributed by atoms with Gasteiger partial charge in [-0.15, -0.1) is 0 Å². The number of nitrogens with two attached hydrogens (primary N) is 1. The molecule has 1 atom stereocenters. The van der Waals surface area contributed by atoms with Gasteiger partial charge >= 0.3 is 6.03 Å². The van der Waals surface area contributed by atoms with Crippen LogP contribution in [-0.4, -0.2) is 36.2 Å². The number of carbonyl (C=O) groups excluding carboxylic acids is 1. The van der Waals surface area contributed by atoms with Crippen molar-refractivity contribution in [3.05, 3.63) is 0 Å². The van der Waals surface area contributed by atoms with Crippen LogP contribution >= 0.6 is 11.8 Å². The van der Waals surface area contributed by atoms with Gasteiger partial charge in [-0.2, -0.15) is 11.8 Å². The van der Waals surface area contributed by atoms with Crippen molar-refractivity contribution in [1.82, 2.24) is 10.6 Å². The van der Waals surface area contributed by atoms with Crippen LogP contribution < -0.4 is 16.4 Å². The van der Waals surface area contributed by atoms with Crippen LogP contribution in [0.25, 0.3) is 0 Å². The van der Waals surface area contributed by atoms with Crippen molar-refractivity contribution >= 4 is 17.8 Å². The summed E-state index contributed by atoms with van der Waals surface area (Å²) in [6, 6.07) is -0.417. The molecule has 4 nitrogen and oxygen atoms in total. The fourth-order valence-corrected chi connectivity index (χ4v) is 4.24. The molecule has 0 radical (unpaired) electrons. The summed E-state index contributed by atoms with van der Waals surface area (Å²) in [4.78, 5) is 10.9. The molecule has 21 heavy (non-hydrogen) atoms. The molecule has 1 rings (SSSR count). The molecule has 1 fully saturated rings. The molecule has 1 aliphatic heterocycles. The molecule has 1 unspecified atom stereocenters. The number of primary amides is 1. The van der Waals surface area contributed by atoms with E-state index in [9.17, 15) is 4.79 Å². The molecule has 1 aliphatic rings. The van der Waals surface area contributed by atoms with Gasteiger partial charge in [0.05, 0.1) is 0 Å². The number of unbranched alkanes of at least 4 members (excludes halogenated alkanes) is 7. The standard InChI is InChI=1S/C16H33N3OS/c1-2-3-4-5-6-7-8-9-11-19-16(10-12-21-14-16)13-18-15(17)20/h19H,2-14H2,1H3,(H3,17,18,20). The van der Waals surface area contributed by atoms with Gasteiger partial charge in [0, 0.05) is 17.8 Å². The number of hydrogen-bond donors (Lipinski definition) is 3. The SMILES string of the molecule is CCCCCCCCCCNC1(CNC(N)=O)CCSC1. The Hall–Kier alpha value is -0.420. The molecule has 124 valence electrons. The Balaban J connectivity index is 2.04. The Kier molecular flexibility index (Phi) is 9.92. The predicted molar refractivity (Wildman–Crippen MR) is 92.9 cm³/mol. The average Bonchev–Trinajstić information content (AvgIpc) is 2.93. The summed E-state index contributed by atoms with van der Waals surface area (Å²) in [7, 11) is 0. The first-order chi connectivity index (χ1) is 10.2. The van der Waals surface area contributed by atoms with Gasteiger partial charge in [0.25, 0.3) is 0 Å². The number of carbonyl (C=O) groups is 1. The van der Waals surface area contributed by atoms with Gasteiger partial charge in [-0.1, -0.05) is 51.9 Å². The fraction of sp³-hybridized carbons (Fsp3) is 0.938. The van der Waals surface area contributed by atoms with Crippen LogP contribution in [0.1, 0.15) is 64.7 Å². The zero-order chi connectivity index (χ0) is 15.4. The van der Waals surface area contributed by atoms with E-state index in [1.807, 2.05) is 11.8 Å². The normalized spacial score (nSPS) is 21.6. The quantitative estimate of drug-likeness (QED) is 0.484. The number of rotatable bonds is 12. The van der Waals surface area contributed by atoms with E-state index in [0.717, 1.165) is 18.7 Å². The second kappa shape index (κ2) is 11.2. The molecule has 0 aromatic rings. The van der Waals surface area contributed by atoms with Crippen molar-refractivity contribution < 1.29 is 4.79 Å². The molecule has 1 saturated heterocycles. The third kappa shape index (κ3) is 8.57. The molecular weight excluding hydrogens is 282 g/mol. The van der Waals surface area contributed by atoms with E-state index >= 15 is 0 Å². The Morgan fingerprint density at radius 1 is 1.14 bits per heavy atom. The second-order valence-electron chi connectivity index (χ2n) is 6.20. The van der Waals surface area contributed by atoms with Crippen LogP contribution in [0.3, 0.4) is 0 Å². The van der Waals surface area contributed by atoms with Crippen LogP contribution in [0.2, 0.25) is 0 Å². The minimum Gasteiger partial charge on any atom is -0.352 e. The minimum atomic E-state index is -0.417. The summed E-state index contributed by atoms with van der Waals surface area (Å²) in [6.45, 7) is 3.97. The number of urea groups is 1. The summed E-state index contributed by atoms with van der Waals surface area (Å²) in [5.41, 5.74) is 5.26. The molecule has 2 amide bonds. The molecule has 0 saturated carbocycles. The van der Waals surface area contributed by atoms with Gasteiger partial charge in [-0.05, 0) is 25.1 Å². The first kappa shape index (κ1) is 18.6. The highest BCUT2D eigenvalue weighted by Gasteiger charge is 2.33. The number of amides is 2. The first-order valence-electron chi connectivity index (χ1n) is 8.55. The highest BCUT2D eigenvalue weighted by atomic mass is 32.2. The van der Waals surface area contributed by atoms with Gasteiger partial charge in [-0.3, -0.25) is 0 Å². The topological polar surface area (TPSA) is 67.2 Å². The van der Waals surface area contributed by atoms with Crippen LogP contribution in [0, 0.1) is 0 Å². The summed E-state index contributed by atoms with van der Waals surface area (Å²) >= 11 is 1.96. The molecule has 0 aromatic heterocycles. The summed E-state index contributed by atoms with van der Waals surface area (Å²) in [5.74, 6) is 2.25. The third-order valence-electron chi connectivity index (χ3n) is 4.23. The second-order valence-corrected chi connectivity index (χ2v) is 7.31. The first-order valence-corrected chi connectivity index (χ1v) is 9.70. The van der Waals surface area contributed by atoms with Crippen molar-refractivity contribution in [1.29, 1.82) is 0 Å². The maximum atomic E-state index is 10.9. The summed E-state index contributed by atoms with van der Waals surface area (Å²) in [5, 5.41) is 6.44. The summed E-state index contributed by atoms with van der Waals surface area (Å²) in [6.07, 6.45) is 11.9. The molecule has 5 heteroatoms. The molecule has 1 heterocycles. The molecule has 0 bridgehead atoms. The van der Waals surface area contributed by atoms with Gasteiger partial charge in [0.2, 0.25) is 0 Å². The average molecular weight is 316 g/mol. The molecule has 0 aliphatic carbocycles. The van der Waals surface area contributed by atoms with Crippen molar-refractivity contribution in [3.63, 3.8) is 0 Å². The lowest BCUT2D eigenvalue weighted by Crippen LogP contribution is -2.54. The Morgan fingerprint density at radius 3 is 2.38 bits per heavy atom. The zero-order valence-electron chi connectivity index (χ0n) is 13.6. The number of thioether (sulfide) groups is 1. The van der Waals surface area contributed by atoms with E-state index in [0.29, 0.717) is 6.54 Å². The van der Waals surface area contributed by atoms with Gasteiger partial charge in [0.15, 0.2) is 0 Å². The largest absolute Gasteiger partial charge is 0.352 e. The smallest absolute Gasteiger partial charge is 0.312 e. The highest BCUT2D eigenvalue weighted by Crippen LogP contribution is 2.27. The number of nitrogens with one attached hydrogen (secondary N) is 2. The Bertz CT molecular complexity index is 281. The van der Waals surface area contributed by atoms with Gasteiger partial charge in [0.1, 0.15) is 0 Å². The van der Waals surface area contributed by atoms with E-state index in [2.05, 4.69) is 17.6 Å². The molecular formula is C16H33N3OS. The lowest BCUT2D eigenvalue weighted by atomic mass is 9.98. The van der Waals surface area contributed by atoms with E-state index in [1.54, 1.807) is 0 Å². The van der Waals surface area contributed by atoms with Crippen LogP contribution in [-0.2, 0) is 0 Å². The maximum Gasteiger partial charge on any atom is 0.312 e. The predicted octanol–water partition coefficient (Wildman–Crippen LogP) is 3.26. The van der Waals surface area contributed by atoms with Crippen molar-refractivity contribution in [2.75, 3.05) is 24.6 Å². The monoisotopic (exact) mass is 315 g/mol. The van der Waals surface area contributed by atoms with Gasteiger partial charge < -0.3 is 16.4 Å². The van der Waals surface area contributed by atoms with E-state index in [-0.39, 0.29) is 5.54 Å². The zero-order valence-corrected chi connectivity index (χ0v) is 14.4. The van der Waals surface area contributed by atoms with Crippen LogP contribution in [0.15, 0.2) is 0 Å². The van der Waals surface area contributed by atoms with E-state index < -0.39 is 6.03 Å². The lowest BCUT2D eigenvalue weighted by Gasteiger charge is -2.29. The van der Waals surface area contributed by atoms with E-state index in [4.69, 9.17) is 5.73 Å². The highest BCUT2D eigenvalue weighted by molar-refractivity contribution is 7.99. The maximum absolute atomic E-state index is 10.9. The third-order valence-corrected chi connectivity index (χ3v) is 5.48. The van der Waals surface area contributed by atoms with Crippen LogP contribution in [0.4, 0.5) is 4.79 Å². The summed E-state index contributed by atoms with van der Waals surface area (Å²) < 4.78 is 0. The Labute approximate surface area is 134 Å². The number of hydrogen-bond acceptors (Lipinski definition) is 3. The van der Waals surface area contributed by atoms with Crippen molar-refractivity contribution in [3.8, 4) is 0 Å². The lowest BCUT2D eigenvalue weighted by molar-refractivity contribution is 0.243. The van der Waals surface area contributed by atoms with Crippen LogP contribution in [0.5, 0.6) is 0 Å². The Morgan fingerprint density at radius 2 is 1.81 bits per heavy atom.